The summed E-state index contributed by atoms with van der Waals surface area (Å²) in [5, 5.41) is 7.62. The highest BCUT2D eigenvalue weighted by molar-refractivity contribution is 14.0. The van der Waals surface area contributed by atoms with Crippen molar-refractivity contribution in [1.82, 2.24) is 15.6 Å². The van der Waals surface area contributed by atoms with Crippen LogP contribution in [0.1, 0.15) is 28.1 Å². The van der Waals surface area contributed by atoms with Crippen molar-refractivity contribution in [1.29, 1.82) is 0 Å². The minimum Gasteiger partial charge on any atom is -0.493 e. The summed E-state index contributed by atoms with van der Waals surface area (Å²) in [5.41, 5.74) is 2.04. The van der Waals surface area contributed by atoms with Gasteiger partial charge in [0.25, 0.3) is 0 Å². The Balaban J connectivity index is 0.00000392. The van der Waals surface area contributed by atoms with E-state index in [4.69, 9.17) is 14.2 Å². The lowest BCUT2D eigenvalue weighted by Gasteiger charge is -2.14. The Bertz CT molecular complexity index is 751. The molecule has 0 atom stereocenters. The van der Waals surface area contributed by atoms with Crippen molar-refractivity contribution in [3.8, 4) is 17.2 Å². The van der Waals surface area contributed by atoms with Gasteiger partial charge in [0.05, 0.1) is 40.1 Å². The van der Waals surface area contributed by atoms with Crippen molar-refractivity contribution in [2.75, 3.05) is 27.9 Å². The number of aryl methyl sites for hydroxylation is 2. The fraction of sp³-hybridized carbons (Fsp3) is 0.474. The molecule has 1 heterocycles. The quantitative estimate of drug-likeness (QED) is 0.315. The minimum absolute atomic E-state index is 0. The number of rotatable bonds is 8. The van der Waals surface area contributed by atoms with Gasteiger partial charge in [-0.15, -0.1) is 35.3 Å². The zero-order valence-electron chi connectivity index (χ0n) is 17.2. The van der Waals surface area contributed by atoms with Crippen LogP contribution in [0.5, 0.6) is 17.2 Å². The summed E-state index contributed by atoms with van der Waals surface area (Å²) in [4.78, 5) is 10.4. The third-order valence-electron chi connectivity index (χ3n) is 3.97. The fourth-order valence-electron chi connectivity index (χ4n) is 2.51. The monoisotopic (exact) mass is 520 g/mol. The second kappa shape index (κ2) is 11.9. The molecule has 1 aromatic heterocycles. The lowest BCUT2D eigenvalue weighted by Crippen LogP contribution is -2.36. The summed E-state index contributed by atoms with van der Waals surface area (Å²) < 4.78 is 16.2. The first kappa shape index (κ1) is 24.3. The molecule has 0 amide bonds. The summed E-state index contributed by atoms with van der Waals surface area (Å²) in [6.07, 6.45) is 0. The number of aliphatic imine (C=N–C) groups is 1. The van der Waals surface area contributed by atoms with E-state index in [-0.39, 0.29) is 24.0 Å². The molecule has 0 saturated carbocycles. The summed E-state index contributed by atoms with van der Waals surface area (Å²) >= 11 is 1.70. The predicted octanol–water partition coefficient (Wildman–Crippen LogP) is 3.66. The molecule has 0 aliphatic heterocycles. The lowest BCUT2D eigenvalue weighted by molar-refractivity contribution is 0.324. The highest BCUT2D eigenvalue weighted by Gasteiger charge is 2.13. The highest BCUT2D eigenvalue weighted by Crippen LogP contribution is 2.38. The number of guanidine groups is 1. The maximum absolute atomic E-state index is 5.40. The highest BCUT2D eigenvalue weighted by atomic mass is 127. The zero-order valence-corrected chi connectivity index (χ0v) is 20.4. The molecule has 0 aliphatic carbocycles. The Labute approximate surface area is 187 Å². The number of hydrogen-bond acceptors (Lipinski definition) is 6. The first-order valence-corrected chi connectivity index (χ1v) is 9.57. The second-order valence-electron chi connectivity index (χ2n) is 5.83. The molecular weight excluding hydrogens is 491 g/mol. The standard InChI is InChI=1S/C19H28N4O3S.HI/c1-7-20-19(22-11-17-23-12(2)13(3)27-17)21-10-14-8-15(24-4)18(26-6)16(9-14)25-5;/h8-9H,7,10-11H2,1-6H3,(H2,20,21,22);1H. The van der Waals surface area contributed by atoms with Crippen molar-refractivity contribution < 1.29 is 14.2 Å². The maximum Gasteiger partial charge on any atom is 0.203 e. The van der Waals surface area contributed by atoms with Crippen LogP contribution in [-0.2, 0) is 13.1 Å². The van der Waals surface area contributed by atoms with E-state index in [9.17, 15) is 0 Å². The third kappa shape index (κ3) is 6.40. The van der Waals surface area contributed by atoms with Crippen LogP contribution in [0, 0.1) is 13.8 Å². The first-order valence-electron chi connectivity index (χ1n) is 8.76. The van der Waals surface area contributed by atoms with Crippen LogP contribution in [-0.4, -0.2) is 38.8 Å². The van der Waals surface area contributed by atoms with E-state index in [2.05, 4.69) is 27.5 Å². The van der Waals surface area contributed by atoms with Crippen LogP contribution in [0.3, 0.4) is 0 Å². The number of nitrogens with one attached hydrogen (secondary N) is 2. The number of benzene rings is 1. The maximum atomic E-state index is 5.40. The molecule has 0 unspecified atom stereocenters. The Morgan fingerprint density at radius 3 is 2.18 bits per heavy atom. The van der Waals surface area contributed by atoms with Crippen LogP contribution >= 0.6 is 35.3 Å². The van der Waals surface area contributed by atoms with Gasteiger partial charge in [-0.2, -0.15) is 0 Å². The van der Waals surface area contributed by atoms with Crippen LogP contribution in [0.2, 0.25) is 0 Å². The zero-order chi connectivity index (χ0) is 19.8. The molecule has 0 spiro atoms. The van der Waals surface area contributed by atoms with Gasteiger partial charge in [0.1, 0.15) is 5.01 Å². The van der Waals surface area contributed by atoms with Gasteiger partial charge in [0.2, 0.25) is 5.75 Å². The number of thiazole rings is 1. The van der Waals surface area contributed by atoms with Crippen LogP contribution in [0.25, 0.3) is 0 Å². The molecule has 7 nitrogen and oxygen atoms in total. The number of methoxy groups -OCH3 is 3. The molecule has 0 fully saturated rings. The average molecular weight is 520 g/mol. The fourth-order valence-corrected chi connectivity index (χ4v) is 3.39. The van der Waals surface area contributed by atoms with E-state index >= 15 is 0 Å². The molecule has 9 heteroatoms. The van der Waals surface area contributed by atoms with Gasteiger partial charge in [0.15, 0.2) is 17.5 Å². The molecule has 2 rings (SSSR count). The number of nitrogens with zero attached hydrogens (tertiary/aromatic N) is 2. The molecule has 0 saturated heterocycles. The molecule has 1 aromatic carbocycles. The Morgan fingerprint density at radius 2 is 1.71 bits per heavy atom. The molecule has 2 N–H and O–H groups in total. The first-order chi connectivity index (χ1) is 13.0. The summed E-state index contributed by atoms with van der Waals surface area (Å²) in [6.45, 7) is 8.03. The van der Waals surface area contributed by atoms with Crippen molar-refractivity contribution >= 4 is 41.3 Å². The third-order valence-corrected chi connectivity index (χ3v) is 5.04. The second-order valence-corrected chi connectivity index (χ2v) is 7.12. The minimum atomic E-state index is 0. The van der Waals surface area contributed by atoms with Crippen molar-refractivity contribution in [2.45, 2.75) is 33.9 Å². The molecule has 0 radical (unpaired) electrons. The van der Waals surface area contributed by atoms with Gasteiger partial charge in [-0.25, -0.2) is 9.98 Å². The molecule has 156 valence electrons. The van der Waals surface area contributed by atoms with Gasteiger partial charge in [0, 0.05) is 11.4 Å². The van der Waals surface area contributed by atoms with Crippen LogP contribution < -0.4 is 24.8 Å². The number of ether oxygens (including phenoxy) is 3. The summed E-state index contributed by atoms with van der Waals surface area (Å²) in [5.74, 6) is 2.55. The van der Waals surface area contributed by atoms with E-state index in [1.54, 1.807) is 32.7 Å². The Morgan fingerprint density at radius 1 is 1.07 bits per heavy atom. The van der Waals surface area contributed by atoms with E-state index in [1.165, 1.54) is 4.88 Å². The van der Waals surface area contributed by atoms with E-state index in [1.807, 2.05) is 26.0 Å². The van der Waals surface area contributed by atoms with Gasteiger partial charge < -0.3 is 24.8 Å². The smallest absolute Gasteiger partial charge is 0.203 e. The average Bonchev–Trinajstić information content (AvgIpc) is 3.00. The Kier molecular flexibility index (Phi) is 10.4. The molecule has 28 heavy (non-hydrogen) atoms. The largest absolute Gasteiger partial charge is 0.493 e. The molecule has 0 bridgehead atoms. The lowest BCUT2D eigenvalue weighted by atomic mass is 10.2. The van der Waals surface area contributed by atoms with Crippen LogP contribution in [0.15, 0.2) is 17.1 Å². The van der Waals surface area contributed by atoms with Gasteiger partial charge in [-0.05, 0) is 38.5 Å². The Hall–Kier alpha value is -1.75. The number of aromatic nitrogens is 1. The van der Waals surface area contributed by atoms with Crippen molar-refractivity contribution in [3.63, 3.8) is 0 Å². The summed E-state index contributed by atoms with van der Waals surface area (Å²) in [7, 11) is 4.80. The number of hydrogen-bond donors (Lipinski definition) is 2. The van der Waals surface area contributed by atoms with Crippen molar-refractivity contribution in [3.05, 3.63) is 33.3 Å². The van der Waals surface area contributed by atoms with E-state index in [0.29, 0.717) is 30.3 Å². The van der Waals surface area contributed by atoms with Crippen molar-refractivity contribution in [2.24, 2.45) is 4.99 Å². The van der Waals surface area contributed by atoms with Gasteiger partial charge in [-0.3, -0.25) is 0 Å². The number of halogens is 1. The summed E-state index contributed by atoms with van der Waals surface area (Å²) in [6, 6.07) is 3.81. The van der Waals surface area contributed by atoms with E-state index in [0.717, 1.165) is 28.8 Å². The van der Waals surface area contributed by atoms with E-state index < -0.39 is 0 Å². The molecule has 2 aromatic rings. The van der Waals surface area contributed by atoms with Gasteiger partial charge in [-0.1, -0.05) is 0 Å². The van der Waals surface area contributed by atoms with Crippen LogP contribution in [0.4, 0.5) is 0 Å². The normalized spacial score (nSPS) is 10.9. The molecular formula is C19H29IN4O3S. The topological polar surface area (TPSA) is 77.0 Å². The van der Waals surface area contributed by atoms with Gasteiger partial charge >= 0.3 is 0 Å². The molecule has 0 aliphatic rings. The SMILES string of the molecule is CCNC(=NCc1cc(OC)c(OC)c(OC)c1)NCc1nc(C)c(C)s1.I. The predicted molar refractivity (Wildman–Crippen MR) is 125 cm³/mol.